The van der Waals surface area contributed by atoms with Crippen molar-refractivity contribution < 1.29 is 18.9 Å². The maximum absolute atomic E-state index is 6.29. The van der Waals surface area contributed by atoms with Crippen molar-refractivity contribution in [2.24, 2.45) is 0 Å². The third-order valence-electron chi connectivity index (χ3n) is 7.30. The van der Waals surface area contributed by atoms with E-state index in [-0.39, 0.29) is 0 Å². The van der Waals surface area contributed by atoms with Crippen LogP contribution in [0.4, 0.5) is 0 Å². The van der Waals surface area contributed by atoms with Gasteiger partial charge in [-0.1, -0.05) is 60.1 Å². The Hall–Kier alpha value is -4.41. The number of benzene rings is 6. The average molecular weight is 535 g/mol. The molecule has 6 rings (SSSR count). The fraction of sp³-hybridized carbons (Fsp3) is 0.118. The van der Waals surface area contributed by atoms with Crippen molar-refractivity contribution in [3.05, 3.63) is 96.0 Å². The van der Waals surface area contributed by atoms with Crippen molar-refractivity contribution in [2.75, 3.05) is 28.4 Å². The first-order valence-electron chi connectivity index (χ1n) is 12.6. The zero-order valence-electron chi connectivity index (χ0n) is 22.2. The van der Waals surface area contributed by atoms with Crippen LogP contribution in [-0.2, 0) is 0 Å². The van der Waals surface area contributed by atoms with Crippen LogP contribution >= 0.6 is 11.6 Å². The zero-order valence-corrected chi connectivity index (χ0v) is 22.9. The molecule has 5 heteroatoms. The fourth-order valence-corrected chi connectivity index (χ4v) is 5.58. The molecule has 0 saturated carbocycles. The first-order chi connectivity index (χ1) is 19.1. The lowest BCUT2D eigenvalue weighted by atomic mass is 9.85. The molecule has 0 spiro atoms. The topological polar surface area (TPSA) is 36.9 Å². The van der Waals surface area contributed by atoms with E-state index >= 15 is 0 Å². The number of methoxy groups -OCH3 is 4. The summed E-state index contributed by atoms with van der Waals surface area (Å²) in [6.07, 6.45) is 0. The monoisotopic (exact) mass is 534 g/mol. The van der Waals surface area contributed by atoms with Gasteiger partial charge in [0.05, 0.1) is 28.4 Å². The smallest absolute Gasteiger partial charge is 0.161 e. The van der Waals surface area contributed by atoms with Crippen molar-refractivity contribution in [3.63, 3.8) is 0 Å². The molecule has 0 unspecified atom stereocenters. The molecule has 0 N–H and O–H groups in total. The first kappa shape index (κ1) is 24.9. The van der Waals surface area contributed by atoms with Gasteiger partial charge in [0.2, 0.25) is 0 Å². The SMILES string of the molecule is COc1cc2c(-c3ccc(Cl)cc3)c3cc(OC)c(OC)cc3c(-c3ccc4ccccc4c3)c2cc1OC. The maximum atomic E-state index is 6.29. The lowest BCUT2D eigenvalue weighted by molar-refractivity contribution is 0.355. The van der Waals surface area contributed by atoms with Crippen LogP contribution in [0.25, 0.3) is 54.6 Å². The second-order valence-corrected chi connectivity index (χ2v) is 9.76. The predicted octanol–water partition coefficient (Wildman–Crippen LogP) is 9.17. The molecule has 0 aromatic heterocycles. The molecule has 39 heavy (non-hydrogen) atoms. The van der Waals surface area contributed by atoms with E-state index < -0.39 is 0 Å². The van der Waals surface area contributed by atoms with E-state index in [1.54, 1.807) is 28.4 Å². The van der Waals surface area contributed by atoms with Crippen LogP contribution in [0.3, 0.4) is 0 Å². The molecule has 194 valence electrons. The van der Waals surface area contributed by atoms with Crippen LogP contribution < -0.4 is 18.9 Å². The van der Waals surface area contributed by atoms with Gasteiger partial charge in [-0.25, -0.2) is 0 Å². The molecule has 4 nitrogen and oxygen atoms in total. The number of fused-ring (bicyclic) bond motifs is 3. The summed E-state index contributed by atoms with van der Waals surface area (Å²) >= 11 is 6.29. The summed E-state index contributed by atoms with van der Waals surface area (Å²) in [4.78, 5) is 0. The van der Waals surface area contributed by atoms with Gasteiger partial charge in [-0.2, -0.15) is 0 Å². The Labute approximate surface area is 232 Å². The summed E-state index contributed by atoms with van der Waals surface area (Å²) in [5, 5.41) is 7.15. The van der Waals surface area contributed by atoms with Crippen molar-refractivity contribution >= 4 is 43.9 Å². The normalized spacial score (nSPS) is 11.2. The summed E-state index contributed by atoms with van der Waals surface area (Å²) in [5.41, 5.74) is 4.23. The van der Waals surface area contributed by atoms with Crippen molar-refractivity contribution in [1.29, 1.82) is 0 Å². The van der Waals surface area contributed by atoms with Gasteiger partial charge in [0.1, 0.15) is 0 Å². The van der Waals surface area contributed by atoms with Crippen LogP contribution in [0, 0.1) is 0 Å². The number of hydrogen-bond donors (Lipinski definition) is 0. The quantitative estimate of drug-likeness (QED) is 0.200. The van der Waals surface area contributed by atoms with Crippen LogP contribution in [0.5, 0.6) is 23.0 Å². The van der Waals surface area contributed by atoms with Gasteiger partial charge in [-0.15, -0.1) is 0 Å². The highest BCUT2D eigenvalue weighted by Gasteiger charge is 2.22. The number of halogens is 1. The molecule has 6 aromatic carbocycles. The molecule has 0 radical (unpaired) electrons. The Kier molecular flexibility index (Phi) is 6.41. The third kappa shape index (κ3) is 4.18. The van der Waals surface area contributed by atoms with E-state index in [0.717, 1.165) is 43.8 Å². The Bertz CT molecular complexity index is 1790. The second-order valence-electron chi connectivity index (χ2n) is 9.32. The highest BCUT2D eigenvalue weighted by molar-refractivity contribution is 6.30. The molecule has 0 aliphatic carbocycles. The van der Waals surface area contributed by atoms with E-state index in [1.807, 2.05) is 24.3 Å². The van der Waals surface area contributed by atoms with E-state index in [0.29, 0.717) is 28.0 Å². The van der Waals surface area contributed by atoms with Gasteiger partial charge >= 0.3 is 0 Å². The fourth-order valence-electron chi connectivity index (χ4n) is 5.46. The first-order valence-corrected chi connectivity index (χ1v) is 13.0. The average Bonchev–Trinajstić information content (AvgIpc) is 2.98. The van der Waals surface area contributed by atoms with Crippen molar-refractivity contribution in [3.8, 4) is 45.3 Å². The summed E-state index contributed by atoms with van der Waals surface area (Å²) < 4.78 is 23.1. The highest BCUT2D eigenvalue weighted by Crippen LogP contribution is 2.49. The number of ether oxygens (including phenoxy) is 4. The predicted molar refractivity (Wildman–Crippen MR) is 161 cm³/mol. The van der Waals surface area contributed by atoms with Gasteiger partial charge in [0, 0.05) is 5.02 Å². The highest BCUT2D eigenvalue weighted by atomic mass is 35.5. The summed E-state index contributed by atoms with van der Waals surface area (Å²) in [5.74, 6) is 2.64. The molecular weight excluding hydrogens is 508 g/mol. The number of hydrogen-bond acceptors (Lipinski definition) is 4. The second kappa shape index (κ2) is 10.0. The van der Waals surface area contributed by atoms with E-state index in [1.165, 1.54) is 10.8 Å². The van der Waals surface area contributed by atoms with Gasteiger partial charge in [0.25, 0.3) is 0 Å². The molecule has 6 aromatic rings. The van der Waals surface area contributed by atoms with Crippen LogP contribution in [0.1, 0.15) is 0 Å². The van der Waals surface area contributed by atoms with Gasteiger partial charge in [-0.05, 0) is 97.0 Å². The molecule has 0 aliphatic rings. The number of rotatable bonds is 6. The summed E-state index contributed by atoms with van der Waals surface area (Å²) in [6, 6.07) is 31.1. The molecular formula is C34H27ClO4. The van der Waals surface area contributed by atoms with Crippen LogP contribution in [0.15, 0.2) is 91.0 Å². The Morgan fingerprint density at radius 1 is 0.436 bits per heavy atom. The molecule has 0 heterocycles. The maximum Gasteiger partial charge on any atom is 0.161 e. The van der Waals surface area contributed by atoms with Gasteiger partial charge in [0.15, 0.2) is 23.0 Å². The van der Waals surface area contributed by atoms with Crippen LogP contribution in [0.2, 0.25) is 5.02 Å². The minimum atomic E-state index is 0.657. The summed E-state index contributed by atoms with van der Waals surface area (Å²) in [7, 11) is 6.64. The van der Waals surface area contributed by atoms with Gasteiger partial charge in [-0.3, -0.25) is 0 Å². The zero-order chi connectivity index (χ0) is 27.1. The van der Waals surface area contributed by atoms with Crippen molar-refractivity contribution in [1.82, 2.24) is 0 Å². The molecule has 0 amide bonds. The van der Waals surface area contributed by atoms with Gasteiger partial charge < -0.3 is 18.9 Å². The summed E-state index contributed by atoms with van der Waals surface area (Å²) in [6.45, 7) is 0. The molecule has 0 aliphatic heterocycles. The Morgan fingerprint density at radius 2 is 0.846 bits per heavy atom. The lowest BCUT2D eigenvalue weighted by Gasteiger charge is -2.21. The van der Waals surface area contributed by atoms with E-state index in [9.17, 15) is 0 Å². The molecule has 0 bridgehead atoms. The third-order valence-corrected chi connectivity index (χ3v) is 7.55. The Morgan fingerprint density at radius 3 is 1.31 bits per heavy atom. The Balaban J connectivity index is 1.86. The van der Waals surface area contributed by atoms with Crippen molar-refractivity contribution in [2.45, 2.75) is 0 Å². The largest absolute Gasteiger partial charge is 0.493 e. The van der Waals surface area contributed by atoms with Crippen LogP contribution in [-0.4, -0.2) is 28.4 Å². The molecule has 0 saturated heterocycles. The molecule has 0 fully saturated rings. The lowest BCUT2D eigenvalue weighted by Crippen LogP contribution is -1.97. The van der Waals surface area contributed by atoms with E-state index in [2.05, 4.69) is 66.7 Å². The minimum absolute atomic E-state index is 0.657. The minimum Gasteiger partial charge on any atom is -0.493 e. The molecule has 0 atom stereocenters. The standard InChI is InChI=1S/C34H27ClO4/c1-36-29-16-25-27(18-31(29)38-3)34(23-10-9-20-7-5-6-8-22(20)15-23)28-19-32(39-4)30(37-2)17-26(28)33(25)21-11-13-24(35)14-12-21/h5-19H,1-4H3. The van der Waals surface area contributed by atoms with E-state index in [4.69, 9.17) is 30.5 Å².